The van der Waals surface area contributed by atoms with Crippen LogP contribution in [-0.2, 0) is 11.2 Å². The molecule has 0 saturated heterocycles. The van der Waals surface area contributed by atoms with Gasteiger partial charge in [-0.05, 0) is 38.4 Å². The highest BCUT2D eigenvalue weighted by Crippen LogP contribution is 2.16. The van der Waals surface area contributed by atoms with E-state index in [1.165, 1.54) is 5.56 Å². The fourth-order valence-corrected chi connectivity index (χ4v) is 2.23. The summed E-state index contributed by atoms with van der Waals surface area (Å²) in [7, 11) is 0. The predicted octanol–water partition coefficient (Wildman–Crippen LogP) is 3.36. The summed E-state index contributed by atoms with van der Waals surface area (Å²) in [5.74, 6) is -0.810. The van der Waals surface area contributed by atoms with Crippen molar-refractivity contribution in [1.29, 1.82) is 0 Å². The summed E-state index contributed by atoms with van der Waals surface area (Å²) in [4.78, 5) is 13.6. The van der Waals surface area contributed by atoms with E-state index in [1.54, 1.807) is 6.92 Å². The molecule has 20 heavy (non-hydrogen) atoms. The third kappa shape index (κ3) is 5.17. The van der Waals surface area contributed by atoms with Crippen LogP contribution >= 0.6 is 0 Å². The molecular formula is C17H25NO2. The molecule has 0 aliphatic carbocycles. The van der Waals surface area contributed by atoms with Gasteiger partial charge in [-0.3, -0.25) is 0 Å². The van der Waals surface area contributed by atoms with Crippen LogP contribution in [-0.4, -0.2) is 35.6 Å². The van der Waals surface area contributed by atoms with E-state index in [4.69, 9.17) is 0 Å². The fraction of sp³-hybridized carbons (Fsp3) is 0.471. The molecule has 0 atom stereocenters. The highest BCUT2D eigenvalue weighted by Gasteiger charge is 2.11. The third-order valence-corrected chi connectivity index (χ3v) is 3.74. The van der Waals surface area contributed by atoms with Gasteiger partial charge in [0.15, 0.2) is 0 Å². The Balaban J connectivity index is 2.82. The van der Waals surface area contributed by atoms with Crippen molar-refractivity contribution in [3.8, 4) is 0 Å². The standard InChI is InChI=1S/C17H25NO2/c1-4-18(5-2)12-11-16(14(3)17(19)20)13-15-9-7-6-8-10-15/h6-10H,4-5,11-13H2,1-3H3,(H,19,20). The number of carboxylic acids is 1. The molecule has 0 heterocycles. The van der Waals surface area contributed by atoms with Gasteiger partial charge in [0.1, 0.15) is 0 Å². The van der Waals surface area contributed by atoms with Gasteiger partial charge in [-0.2, -0.15) is 0 Å². The largest absolute Gasteiger partial charge is 0.478 e. The molecule has 0 spiro atoms. The maximum absolute atomic E-state index is 11.2. The number of carbonyl (C=O) groups is 1. The summed E-state index contributed by atoms with van der Waals surface area (Å²) in [6, 6.07) is 10.1. The van der Waals surface area contributed by atoms with E-state index >= 15 is 0 Å². The van der Waals surface area contributed by atoms with Crippen molar-refractivity contribution in [2.24, 2.45) is 0 Å². The van der Waals surface area contributed by atoms with Gasteiger partial charge in [-0.25, -0.2) is 4.79 Å². The van der Waals surface area contributed by atoms with Gasteiger partial charge in [-0.15, -0.1) is 0 Å². The van der Waals surface area contributed by atoms with Gasteiger partial charge < -0.3 is 10.0 Å². The van der Waals surface area contributed by atoms with Crippen molar-refractivity contribution in [2.75, 3.05) is 19.6 Å². The lowest BCUT2D eigenvalue weighted by molar-refractivity contribution is -0.132. The average Bonchev–Trinajstić information content (AvgIpc) is 2.47. The van der Waals surface area contributed by atoms with E-state index in [2.05, 4.69) is 18.7 Å². The first-order chi connectivity index (χ1) is 9.58. The molecule has 0 unspecified atom stereocenters. The molecule has 0 aliphatic heterocycles. The van der Waals surface area contributed by atoms with Crippen LogP contribution in [0.25, 0.3) is 0 Å². The molecule has 110 valence electrons. The minimum absolute atomic E-state index is 0.487. The molecule has 1 aromatic rings. The summed E-state index contributed by atoms with van der Waals surface area (Å²) in [5, 5.41) is 9.24. The zero-order chi connectivity index (χ0) is 15.0. The first-order valence-corrected chi connectivity index (χ1v) is 7.26. The van der Waals surface area contributed by atoms with Gasteiger partial charge in [-0.1, -0.05) is 49.8 Å². The second-order valence-electron chi connectivity index (χ2n) is 4.97. The number of nitrogens with zero attached hydrogens (tertiary/aromatic N) is 1. The Morgan fingerprint density at radius 3 is 2.25 bits per heavy atom. The first-order valence-electron chi connectivity index (χ1n) is 7.26. The van der Waals surface area contributed by atoms with Crippen LogP contribution in [0.3, 0.4) is 0 Å². The van der Waals surface area contributed by atoms with E-state index in [9.17, 15) is 9.90 Å². The fourth-order valence-electron chi connectivity index (χ4n) is 2.23. The maximum Gasteiger partial charge on any atom is 0.331 e. The van der Waals surface area contributed by atoms with E-state index in [0.717, 1.165) is 38.0 Å². The minimum Gasteiger partial charge on any atom is -0.478 e. The molecule has 1 N–H and O–H groups in total. The van der Waals surface area contributed by atoms with Crippen LogP contribution in [0.2, 0.25) is 0 Å². The van der Waals surface area contributed by atoms with Crippen LogP contribution in [0, 0.1) is 0 Å². The molecule has 0 aromatic heterocycles. The minimum atomic E-state index is -0.810. The maximum atomic E-state index is 11.2. The van der Waals surface area contributed by atoms with Crippen molar-refractivity contribution >= 4 is 5.97 Å². The third-order valence-electron chi connectivity index (χ3n) is 3.74. The molecule has 0 saturated carbocycles. The quantitative estimate of drug-likeness (QED) is 0.740. The smallest absolute Gasteiger partial charge is 0.331 e. The Morgan fingerprint density at radius 2 is 1.75 bits per heavy atom. The highest BCUT2D eigenvalue weighted by molar-refractivity contribution is 5.86. The number of hydrogen-bond acceptors (Lipinski definition) is 2. The van der Waals surface area contributed by atoms with Crippen molar-refractivity contribution in [2.45, 2.75) is 33.6 Å². The zero-order valence-electron chi connectivity index (χ0n) is 12.7. The molecule has 3 nitrogen and oxygen atoms in total. The van der Waals surface area contributed by atoms with Gasteiger partial charge in [0.2, 0.25) is 0 Å². The van der Waals surface area contributed by atoms with Crippen LogP contribution in [0.15, 0.2) is 41.5 Å². The van der Waals surface area contributed by atoms with Crippen molar-refractivity contribution in [3.05, 3.63) is 47.0 Å². The van der Waals surface area contributed by atoms with Crippen LogP contribution in [0.1, 0.15) is 32.8 Å². The van der Waals surface area contributed by atoms with Gasteiger partial charge >= 0.3 is 5.97 Å². The summed E-state index contributed by atoms with van der Waals surface area (Å²) >= 11 is 0. The summed E-state index contributed by atoms with van der Waals surface area (Å²) in [5.41, 5.74) is 2.68. The number of benzene rings is 1. The van der Waals surface area contributed by atoms with Crippen molar-refractivity contribution in [3.63, 3.8) is 0 Å². The summed E-state index contributed by atoms with van der Waals surface area (Å²) in [6.45, 7) is 8.90. The van der Waals surface area contributed by atoms with Crippen LogP contribution in [0.4, 0.5) is 0 Å². The SMILES string of the molecule is CCN(CC)CCC(Cc1ccccc1)=C(C)C(=O)O. The van der Waals surface area contributed by atoms with E-state index in [0.29, 0.717) is 5.57 Å². The summed E-state index contributed by atoms with van der Waals surface area (Å²) in [6.07, 6.45) is 1.54. The van der Waals surface area contributed by atoms with Gasteiger partial charge in [0.05, 0.1) is 0 Å². The lowest BCUT2D eigenvalue weighted by atomic mass is 9.97. The molecule has 0 fully saturated rings. The Kier molecular flexibility index (Phi) is 7.02. The molecule has 0 amide bonds. The molecule has 0 aliphatic rings. The molecular weight excluding hydrogens is 250 g/mol. The molecule has 0 bridgehead atoms. The molecule has 1 aromatic carbocycles. The van der Waals surface area contributed by atoms with E-state index < -0.39 is 5.97 Å². The van der Waals surface area contributed by atoms with E-state index in [-0.39, 0.29) is 0 Å². The summed E-state index contributed by atoms with van der Waals surface area (Å²) < 4.78 is 0. The van der Waals surface area contributed by atoms with Crippen LogP contribution in [0.5, 0.6) is 0 Å². The number of hydrogen-bond donors (Lipinski definition) is 1. The van der Waals surface area contributed by atoms with Gasteiger partial charge in [0.25, 0.3) is 0 Å². The van der Waals surface area contributed by atoms with Gasteiger partial charge in [0, 0.05) is 12.1 Å². The Morgan fingerprint density at radius 1 is 1.15 bits per heavy atom. The molecule has 1 rings (SSSR count). The number of carboxylic acid groups (broad SMARTS) is 1. The topological polar surface area (TPSA) is 40.5 Å². The number of aliphatic carboxylic acids is 1. The van der Waals surface area contributed by atoms with Crippen LogP contribution < -0.4 is 0 Å². The normalized spacial score (nSPS) is 12.4. The number of rotatable bonds is 8. The Hall–Kier alpha value is -1.61. The lowest BCUT2D eigenvalue weighted by Crippen LogP contribution is -2.25. The van der Waals surface area contributed by atoms with E-state index in [1.807, 2.05) is 30.3 Å². The highest BCUT2D eigenvalue weighted by atomic mass is 16.4. The average molecular weight is 275 g/mol. The molecule has 3 heteroatoms. The van der Waals surface area contributed by atoms with Crippen molar-refractivity contribution in [1.82, 2.24) is 4.90 Å². The molecule has 0 radical (unpaired) electrons. The first kappa shape index (κ1) is 16.4. The predicted molar refractivity (Wildman–Crippen MR) is 82.9 cm³/mol. The Labute approximate surface area is 121 Å². The second-order valence-corrected chi connectivity index (χ2v) is 4.97. The van der Waals surface area contributed by atoms with Crippen molar-refractivity contribution < 1.29 is 9.90 Å². The second kappa shape index (κ2) is 8.54. The zero-order valence-corrected chi connectivity index (χ0v) is 12.7. The monoisotopic (exact) mass is 275 g/mol. The lowest BCUT2D eigenvalue weighted by Gasteiger charge is -2.19. The Bertz CT molecular complexity index is 447.